The number of hydrogen-bond acceptors (Lipinski definition) is 6. The molecule has 0 aliphatic heterocycles. The van der Waals surface area contributed by atoms with Gasteiger partial charge in [0.05, 0.1) is 22.9 Å². The number of carbonyl (C=O) groups is 3. The molecule has 0 saturated heterocycles. The second-order valence-corrected chi connectivity index (χ2v) is 9.36. The van der Waals surface area contributed by atoms with E-state index in [0.717, 1.165) is 47.6 Å². The zero-order valence-electron chi connectivity index (χ0n) is 17.9. The number of fused-ring (bicyclic) bond motifs is 2. The summed E-state index contributed by atoms with van der Waals surface area (Å²) in [5.74, 6) is -1.01. The topological polar surface area (TPSA) is 76.6 Å². The highest BCUT2D eigenvalue weighted by atomic mass is 32.1. The van der Waals surface area contributed by atoms with Crippen LogP contribution in [0.5, 0.6) is 0 Å². The number of ketones is 1. The fourth-order valence-electron chi connectivity index (χ4n) is 4.65. The van der Waals surface area contributed by atoms with E-state index in [-0.39, 0.29) is 46.9 Å². The molecule has 2 aliphatic rings. The third-order valence-electron chi connectivity index (χ3n) is 6.22. The molecule has 6 nitrogen and oxygen atoms in total. The number of halogens is 3. The second-order valence-electron chi connectivity index (χ2n) is 8.53. The summed E-state index contributed by atoms with van der Waals surface area (Å²) >= 11 is 1.07. The van der Waals surface area contributed by atoms with E-state index in [4.69, 9.17) is 4.74 Å². The highest BCUT2D eigenvalue weighted by Crippen LogP contribution is 2.40. The fraction of sp³-hybridized carbons (Fsp3) is 0.478. The number of benzene rings is 1. The lowest BCUT2D eigenvalue weighted by atomic mass is 9.67. The van der Waals surface area contributed by atoms with Crippen molar-refractivity contribution < 1.29 is 32.3 Å². The summed E-state index contributed by atoms with van der Waals surface area (Å²) in [4.78, 5) is 42.4. The Balaban J connectivity index is 1.43. The first-order valence-corrected chi connectivity index (χ1v) is 11.6. The van der Waals surface area contributed by atoms with Crippen LogP contribution >= 0.6 is 11.3 Å². The van der Waals surface area contributed by atoms with E-state index >= 15 is 0 Å². The first-order valence-electron chi connectivity index (χ1n) is 10.8. The number of nitrogens with zero attached hydrogens (tertiary/aromatic N) is 2. The maximum Gasteiger partial charge on any atom is 0.416 e. The van der Waals surface area contributed by atoms with Crippen molar-refractivity contribution in [3.05, 3.63) is 40.9 Å². The highest BCUT2D eigenvalue weighted by molar-refractivity contribution is 7.14. The second kappa shape index (κ2) is 9.24. The Kier molecular flexibility index (Phi) is 6.56. The molecule has 1 aromatic carbocycles. The molecule has 2 unspecified atom stereocenters. The third-order valence-corrected chi connectivity index (χ3v) is 7.10. The normalized spacial score (nSPS) is 22.7. The Bertz CT molecular complexity index is 1050. The number of rotatable bonds is 5. The number of thiazole rings is 1. The van der Waals surface area contributed by atoms with Crippen LogP contribution in [0, 0.1) is 17.8 Å². The summed E-state index contributed by atoms with van der Waals surface area (Å²) in [5.41, 5.74) is -0.421. The molecule has 2 fully saturated rings. The molecule has 2 aromatic rings. The van der Waals surface area contributed by atoms with E-state index in [2.05, 4.69) is 4.98 Å². The Morgan fingerprint density at radius 2 is 1.91 bits per heavy atom. The van der Waals surface area contributed by atoms with Gasteiger partial charge in [-0.1, -0.05) is 12.5 Å². The lowest BCUT2D eigenvalue weighted by Crippen LogP contribution is -2.39. The molecule has 1 aromatic heterocycles. The minimum atomic E-state index is -4.54. The Hall–Kier alpha value is -2.75. The minimum absolute atomic E-state index is 0.0497. The van der Waals surface area contributed by atoms with Gasteiger partial charge in [-0.25, -0.2) is 4.98 Å². The van der Waals surface area contributed by atoms with Crippen LogP contribution in [0.2, 0.25) is 0 Å². The molecule has 2 saturated carbocycles. The number of alkyl halides is 3. The molecule has 2 atom stereocenters. The predicted octanol–water partition coefficient (Wildman–Crippen LogP) is 5.29. The van der Waals surface area contributed by atoms with Gasteiger partial charge in [0, 0.05) is 24.1 Å². The number of aromatic nitrogens is 1. The standard InChI is InChI=1S/C23H23F3N2O4S/c1-13(29)28(19-7-3-6-17(10-19)23(24,25)26)22-27-18(12-33-22)11-32-21(31)16-8-14-4-2-5-15(9-16)20(14)30/h3,6-7,10,12,14-16H,2,4-5,8-9,11H2,1H3. The first-order chi connectivity index (χ1) is 15.6. The smallest absolute Gasteiger partial charge is 0.416 e. The van der Waals surface area contributed by atoms with Crippen molar-refractivity contribution >= 4 is 39.8 Å². The summed E-state index contributed by atoms with van der Waals surface area (Å²) in [6, 6.07) is 4.46. The number of anilines is 2. The summed E-state index contributed by atoms with van der Waals surface area (Å²) in [5, 5.41) is 1.79. The van der Waals surface area contributed by atoms with Crippen molar-refractivity contribution in [2.24, 2.45) is 17.8 Å². The Morgan fingerprint density at radius 1 is 1.21 bits per heavy atom. The van der Waals surface area contributed by atoms with Crippen LogP contribution in [-0.2, 0) is 31.9 Å². The molecule has 0 spiro atoms. The number of carbonyl (C=O) groups excluding carboxylic acids is 3. The van der Waals surface area contributed by atoms with Crippen molar-refractivity contribution in [1.29, 1.82) is 0 Å². The van der Waals surface area contributed by atoms with Gasteiger partial charge < -0.3 is 4.74 Å². The summed E-state index contributed by atoms with van der Waals surface area (Å²) in [6.45, 7) is 1.13. The first kappa shape index (κ1) is 23.4. The number of hydrogen-bond donors (Lipinski definition) is 0. The monoisotopic (exact) mass is 480 g/mol. The van der Waals surface area contributed by atoms with Crippen LogP contribution in [-0.4, -0.2) is 22.6 Å². The highest BCUT2D eigenvalue weighted by Gasteiger charge is 2.41. The SMILES string of the molecule is CC(=O)N(c1cccc(C(F)(F)F)c1)c1nc(COC(=O)C2CC3CCCC(C2)C3=O)cs1. The van der Waals surface area contributed by atoms with Gasteiger partial charge >= 0.3 is 12.1 Å². The van der Waals surface area contributed by atoms with Crippen LogP contribution in [0.1, 0.15) is 50.3 Å². The average molecular weight is 481 g/mol. The average Bonchev–Trinajstić information content (AvgIpc) is 3.19. The largest absolute Gasteiger partial charge is 0.459 e. The van der Waals surface area contributed by atoms with E-state index in [1.807, 2.05) is 0 Å². The molecule has 1 amide bonds. The number of Topliss-reactive ketones (excluding diaryl/α,β-unsaturated/α-hetero) is 1. The summed E-state index contributed by atoms with van der Waals surface area (Å²) in [6.07, 6.45) is -0.837. The molecular formula is C23H23F3N2O4S. The van der Waals surface area contributed by atoms with Crippen LogP contribution in [0.4, 0.5) is 24.0 Å². The zero-order valence-corrected chi connectivity index (χ0v) is 18.7. The lowest BCUT2D eigenvalue weighted by Gasteiger charge is -2.36. The van der Waals surface area contributed by atoms with Gasteiger partial charge in [0.2, 0.25) is 5.91 Å². The number of esters is 1. The van der Waals surface area contributed by atoms with Gasteiger partial charge in [-0.05, 0) is 43.9 Å². The molecule has 2 bridgehead atoms. The van der Waals surface area contributed by atoms with Crippen LogP contribution < -0.4 is 4.90 Å². The van der Waals surface area contributed by atoms with E-state index in [1.54, 1.807) is 5.38 Å². The van der Waals surface area contributed by atoms with Crippen LogP contribution in [0.15, 0.2) is 29.6 Å². The molecule has 33 heavy (non-hydrogen) atoms. The molecule has 1 heterocycles. The van der Waals surface area contributed by atoms with Crippen molar-refractivity contribution in [1.82, 2.24) is 4.98 Å². The van der Waals surface area contributed by atoms with Crippen LogP contribution in [0.3, 0.4) is 0 Å². The van der Waals surface area contributed by atoms with Gasteiger partial charge in [-0.15, -0.1) is 11.3 Å². The fourth-order valence-corrected chi connectivity index (χ4v) is 5.52. The number of amides is 1. The summed E-state index contributed by atoms with van der Waals surface area (Å²) < 4.78 is 44.7. The zero-order chi connectivity index (χ0) is 23.8. The van der Waals surface area contributed by atoms with Crippen molar-refractivity contribution in [3.63, 3.8) is 0 Å². The minimum Gasteiger partial charge on any atom is -0.459 e. The van der Waals surface area contributed by atoms with Gasteiger partial charge in [0.25, 0.3) is 0 Å². The lowest BCUT2D eigenvalue weighted by molar-refractivity contribution is -0.154. The molecule has 10 heteroatoms. The van der Waals surface area contributed by atoms with E-state index in [1.165, 1.54) is 19.1 Å². The maximum absolute atomic E-state index is 13.1. The quantitative estimate of drug-likeness (QED) is 0.544. The Morgan fingerprint density at radius 3 is 2.55 bits per heavy atom. The molecule has 176 valence electrons. The van der Waals surface area contributed by atoms with Crippen molar-refractivity contribution in [2.75, 3.05) is 4.90 Å². The maximum atomic E-state index is 13.1. The van der Waals surface area contributed by atoms with E-state index < -0.39 is 17.6 Å². The van der Waals surface area contributed by atoms with Gasteiger partial charge in [0.15, 0.2) is 5.13 Å². The molecule has 0 N–H and O–H groups in total. The third kappa shape index (κ3) is 5.10. The summed E-state index contributed by atoms with van der Waals surface area (Å²) in [7, 11) is 0. The van der Waals surface area contributed by atoms with Gasteiger partial charge in [-0.2, -0.15) is 13.2 Å². The molecule has 0 radical (unpaired) electrons. The molecule has 2 aliphatic carbocycles. The van der Waals surface area contributed by atoms with Crippen molar-refractivity contribution in [3.8, 4) is 0 Å². The van der Waals surface area contributed by atoms with Crippen LogP contribution in [0.25, 0.3) is 0 Å². The molecule has 4 rings (SSSR count). The molecular weight excluding hydrogens is 457 g/mol. The Labute approximate surface area is 192 Å². The number of ether oxygens (including phenoxy) is 1. The van der Waals surface area contributed by atoms with E-state index in [9.17, 15) is 27.6 Å². The van der Waals surface area contributed by atoms with Gasteiger partial charge in [0.1, 0.15) is 12.4 Å². The predicted molar refractivity (Wildman–Crippen MR) is 115 cm³/mol. The van der Waals surface area contributed by atoms with Crippen molar-refractivity contribution in [2.45, 2.75) is 51.8 Å². The van der Waals surface area contributed by atoms with Gasteiger partial charge in [-0.3, -0.25) is 19.3 Å². The van der Waals surface area contributed by atoms with E-state index in [0.29, 0.717) is 18.5 Å².